The molecule has 0 aliphatic heterocycles. The Morgan fingerprint density at radius 3 is 2.95 bits per heavy atom. The summed E-state index contributed by atoms with van der Waals surface area (Å²) < 4.78 is 10.7. The van der Waals surface area contributed by atoms with Crippen molar-refractivity contribution in [3.8, 4) is 5.75 Å². The maximum Gasteiger partial charge on any atom is 0.332 e. The van der Waals surface area contributed by atoms with Gasteiger partial charge in [0.1, 0.15) is 5.75 Å². The summed E-state index contributed by atoms with van der Waals surface area (Å²) in [5.74, 6) is -0.337. The molecule has 0 radical (unpaired) electrons. The Morgan fingerprint density at radius 2 is 2.20 bits per heavy atom. The van der Waals surface area contributed by atoms with E-state index in [4.69, 9.17) is 14.6 Å². The van der Waals surface area contributed by atoms with Crippen LogP contribution in [0.1, 0.15) is 13.3 Å². The number of carboxylic acids is 1. The Labute approximate surface area is 117 Å². The van der Waals surface area contributed by atoms with E-state index in [1.54, 1.807) is 13.1 Å². The smallest absolute Gasteiger partial charge is 0.332 e. The zero-order valence-electron chi connectivity index (χ0n) is 11.3. The van der Waals surface area contributed by atoms with Crippen LogP contribution in [-0.2, 0) is 9.53 Å². The van der Waals surface area contributed by atoms with E-state index < -0.39 is 12.1 Å². The fourth-order valence-corrected chi connectivity index (χ4v) is 1.89. The number of carboxylic acid groups (broad SMARTS) is 1. The lowest BCUT2D eigenvalue weighted by atomic mass is 10.2. The molecule has 1 atom stereocenters. The monoisotopic (exact) mass is 275 g/mol. The largest absolute Gasteiger partial charge is 0.492 e. The van der Waals surface area contributed by atoms with Crippen LogP contribution in [0.5, 0.6) is 5.75 Å². The average molecular weight is 275 g/mol. The van der Waals surface area contributed by atoms with Crippen molar-refractivity contribution in [3.05, 3.63) is 36.5 Å². The summed E-state index contributed by atoms with van der Waals surface area (Å²) in [7, 11) is 0. The predicted octanol–water partition coefficient (Wildman–Crippen LogP) is 2.49. The molecule has 0 bridgehead atoms. The van der Waals surface area contributed by atoms with E-state index >= 15 is 0 Å². The number of ether oxygens (including phenoxy) is 2. The molecular formula is C15H17NO4. The van der Waals surface area contributed by atoms with Crippen LogP contribution in [0.3, 0.4) is 0 Å². The molecule has 1 aromatic carbocycles. The van der Waals surface area contributed by atoms with Crippen LogP contribution in [0.2, 0.25) is 0 Å². The van der Waals surface area contributed by atoms with Crippen molar-refractivity contribution in [1.29, 1.82) is 0 Å². The molecule has 2 aromatic rings. The Balaban J connectivity index is 1.93. The summed E-state index contributed by atoms with van der Waals surface area (Å²) in [5.41, 5.74) is 0.901. The molecule has 0 aliphatic rings. The highest BCUT2D eigenvalue weighted by molar-refractivity contribution is 5.79. The van der Waals surface area contributed by atoms with Crippen molar-refractivity contribution in [2.75, 3.05) is 13.2 Å². The van der Waals surface area contributed by atoms with E-state index in [1.165, 1.54) is 0 Å². The van der Waals surface area contributed by atoms with E-state index in [-0.39, 0.29) is 6.61 Å². The normalized spacial score (nSPS) is 12.2. The number of benzene rings is 1. The number of para-hydroxylation sites is 1. The molecule has 1 heterocycles. The molecule has 20 heavy (non-hydrogen) atoms. The zero-order chi connectivity index (χ0) is 14.4. The molecule has 106 valence electrons. The van der Waals surface area contributed by atoms with Crippen molar-refractivity contribution in [3.63, 3.8) is 0 Å². The third kappa shape index (κ3) is 3.68. The second-order valence-corrected chi connectivity index (χ2v) is 4.28. The van der Waals surface area contributed by atoms with Gasteiger partial charge >= 0.3 is 5.97 Å². The van der Waals surface area contributed by atoms with Crippen molar-refractivity contribution in [2.45, 2.75) is 19.4 Å². The topological polar surface area (TPSA) is 68.7 Å². The van der Waals surface area contributed by atoms with Gasteiger partial charge < -0.3 is 14.6 Å². The van der Waals surface area contributed by atoms with E-state index in [0.29, 0.717) is 18.8 Å². The van der Waals surface area contributed by atoms with Gasteiger partial charge in [0.15, 0.2) is 6.10 Å². The van der Waals surface area contributed by atoms with E-state index in [2.05, 4.69) is 4.98 Å². The molecule has 0 fully saturated rings. The lowest BCUT2D eigenvalue weighted by Gasteiger charge is -2.13. The van der Waals surface area contributed by atoms with Crippen LogP contribution in [-0.4, -0.2) is 35.4 Å². The first-order valence-corrected chi connectivity index (χ1v) is 6.52. The molecule has 5 nitrogen and oxygen atoms in total. The average Bonchev–Trinajstić information content (AvgIpc) is 2.46. The minimum absolute atomic E-state index is 0.275. The lowest BCUT2D eigenvalue weighted by Crippen LogP contribution is -2.26. The first-order chi connectivity index (χ1) is 9.70. The number of fused-ring (bicyclic) bond motifs is 1. The maximum atomic E-state index is 10.9. The quantitative estimate of drug-likeness (QED) is 0.840. The summed E-state index contributed by atoms with van der Waals surface area (Å²) in [5, 5.41) is 9.94. The number of nitrogens with zero attached hydrogens (tertiary/aromatic N) is 1. The molecule has 1 unspecified atom stereocenters. The summed E-state index contributed by atoms with van der Waals surface area (Å²) in [6.45, 7) is 2.41. The number of aliphatic carboxylic acids is 1. The highest BCUT2D eigenvalue weighted by Gasteiger charge is 2.17. The van der Waals surface area contributed by atoms with Crippen molar-refractivity contribution in [1.82, 2.24) is 4.98 Å². The van der Waals surface area contributed by atoms with Gasteiger partial charge in [-0.25, -0.2) is 4.79 Å². The van der Waals surface area contributed by atoms with Crippen LogP contribution in [0, 0.1) is 0 Å². The van der Waals surface area contributed by atoms with E-state index in [9.17, 15) is 4.79 Å². The molecule has 0 amide bonds. The van der Waals surface area contributed by atoms with Crippen molar-refractivity contribution in [2.24, 2.45) is 0 Å². The Bertz CT molecular complexity index is 585. The van der Waals surface area contributed by atoms with E-state index in [0.717, 1.165) is 10.9 Å². The number of hydrogen-bond donors (Lipinski definition) is 1. The Kier molecular flexibility index (Phi) is 4.90. The number of pyridine rings is 1. The second-order valence-electron chi connectivity index (χ2n) is 4.28. The molecule has 0 saturated carbocycles. The number of rotatable bonds is 7. The molecule has 2 rings (SSSR count). The van der Waals surface area contributed by atoms with Crippen LogP contribution in [0.25, 0.3) is 10.9 Å². The summed E-state index contributed by atoms with van der Waals surface area (Å²) in [6, 6.07) is 9.63. The van der Waals surface area contributed by atoms with Gasteiger partial charge in [0.25, 0.3) is 0 Å². The summed E-state index contributed by atoms with van der Waals surface area (Å²) in [4.78, 5) is 15.2. The SMILES string of the molecule is CCOC(CCOc1cnc2ccccc2c1)C(=O)O. The third-order valence-corrected chi connectivity index (χ3v) is 2.86. The standard InChI is InChI=1S/C15H17NO4/c1-2-19-14(15(17)18)7-8-20-12-9-11-5-3-4-6-13(11)16-10-12/h3-6,9-10,14H,2,7-8H2,1H3,(H,17,18). The lowest BCUT2D eigenvalue weighted by molar-refractivity contribution is -0.150. The van der Waals surface area contributed by atoms with Crippen molar-refractivity contribution >= 4 is 16.9 Å². The van der Waals surface area contributed by atoms with Gasteiger partial charge in [-0.15, -0.1) is 0 Å². The van der Waals surface area contributed by atoms with Gasteiger partial charge in [0.05, 0.1) is 18.3 Å². The van der Waals surface area contributed by atoms with Gasteiger partial charge in [-0.05, 0) is 19.1 Å². The highest BCUT2D eigenvalue weighted by atomic mass is 16.5. The van der Waals surface area contributed by atoms with Gasteiger partial charge in [-0.2, -0.15) is 0 Å². The second kappa shape index (κ2) is 6.86. The van der Waals surface area contributed by atoms with Crippen LogP contribution in [0.15, 0.2) is 36.5 Å². The minimum atomic E-state index is -0.966. The predicted molar refractivity (Wildman–Crippen MR) is 74.9 cm³/mol. The number of aromatic nitrogens is 1. The molecule has 0 spiro atoms. The summed E-state index contributed by atoms with van der Waals surface area (Å²) in [6.07, 6.45) is 1.11. The van der Waals surface area contributed by atoms with Crippen LogP contribution >= 0.6 is 0 Å². The molecule has 1 N–H and O–H groups in total. The van der Waals surface area contributed by atoms with Crippen LogP contribution in [0.4, 0.5) is 0 Å². The first kappa shape index (κ1) is 14.3. The molecule has 0 saturated heterocycles. The number of hydrogen-bond acceptors (Lipinski definition) is 4. The number of carbonyl (C=O) groups is 1. The van der Waals surface area contributed by atoms with E-state index in [1.807, 2.05) is 30.3 Å². The minimum Gasteiger partial charge on any atom is -0.492 e. The van der Waals surface area contributed by atoms with Crippen LogP contribution < -0.4 is 4.74 Å². The molecular weight excluding hydrogens is 258 g/mol. The molecule has 5 heteroatoms. The zero-order valence-corrected chi connectivity index (χ0v) is 11.3. The summed E-state index contributed by atoms with van der Waals surface area (Å²) >= 11 is 0. The van der Waals surface area contributed by atoms with Gasteiger partial charge in [0.2, 0.25) is 0 Å². The van der Waals surface area contributed by atoms with Crippen molar-refractivity contribution < 1.29 is 19.4 Å². The highest BCUT2D eigenvalue weighted by Crippen LogP contribution is 2.18. The molecule has 0 aliphatic carbocycles. The Hall–Kier alpha value is -2.14. The third-order valence-electron chi connectivity index (χ3n) is 2.86. The fraction of sp³-hybridized carbons (Fsp3) is 0.333. The van der Waals surface area contributed by atoms with Gasteiger partial charge in [-0.3, -0.25) is 4.98 Å². The van der Waals surface area contributed by atoms with Gasteiger partial charge in [0, 0.05) is 18.4 Å². The Morgan fingerprint density at radius 1 is 1.40 bits per heavy atom. The fourth-order valence-electron chi connectivity index (χ4n) is 1.89. The molecule has 1 aromatic heterocycles. The van der Waals surface area contributed by atoms with Gasteiger partial charge in [-0.1, -0.05) is 18.2 Å². The first-order valence-electron chi connectivity index (χ1n) is 6.52. The maximum absolute atomic E-state index is 10.9.